The fourth-order valence-electron chi connectivity index (χ4n) is 6.29. The van der Waals surface area contributed by atoms with Crippen molar-refractivity contribution in [2.75, 3.05) is 18.6 Å². The molecule has 5 aromatic heterocycles. The van der Waals surface area contributed by atoms with Gasteiger partial charge in [-0.15, -0.1) is 0 Å². The van der Waals surface area contributed by atoms with Crippen LogP contribution in [0.5, 0.6) is 0 Å². The third-order valence-electron chi connectivity index (χ3n) is 8.58. The van der Waals surface area contributed by atoms with Gasteiger partial charge in [-0.05, 0) is 85.3 Å². The number of aromatic nitrogens is 6. The van der Waals surface area contributed by atoms with E-state index in [1.165, 1.54) is 44.1 Å². The largest absolute Gasteiger partial charge is 0.353 e. The molecule has 1 fully saturated rings. The number of hydrogen-bond donors (Lipinski definition) is 3. The summed E-state index contributed by atoms with van der Waals surface area (Å²) in [6.45, 7) is 1.82. The van der Waals surface area contributed by atoms with Crippen LogP contribution in [0.15, 0.2) is 67.3 Å². The Morgan fingerprint density at radius 3 is 2.60 bits per heavy atom. The summed E-state index contributed by atoms with van der Waals surface area (Å²) in [5, 5.41) is 12.8. The van der Waals surface area contributed by atoms with Crippen molar-refractivity contribution in [1.82, 2.24) is 35.5 Å². The van der Waals surface area contributed by atoms with Crippen molar-refractivity contribution < 1.29 is 12.8 Å². The van der Waals surface area contributed by atoms with Gasteiger partial charge < -0.3 is 10.3 Å². The highest BCUT2D eigenvalue weighted by molar-refractivity contribution is 7.90. The van der Waals surface area contributed by atoms with E-state index < -0.39 is 15.7 Å². The third-order valence-corrected chi connectivity index (χ3v) is 9.53. The Balaban J connectivity index is 1.19. The fraction of sp³-hybridized carbons (Fsp3) is 0.294. The normalized spacial score (nSPS) is 14.2. The molecule has 0 spiro atoms. The number of pyridine rings is 3. The highest BCUT2D eigenvalue weighted by atomic mass is 32.2. The molecule has 1 aliphatic rings. The van der Waals surface area contributed by atoms with Gasteiger partial charge in [0.2, 0.25) is 0 Å². The Labute approximate surface area is 260 Å². The molecule has 0 atom stereocenters. The molecule has 1 saturated carbocycles. The van der Waals surface area contributed by atoms with Crippen LogP contribution in [0.3, 0.4) is 0 Å². The van der Waals surface area contributed by atoms with Crippen LogP contribution in [0.25, 0.3) is 55.7 Å². The van der Waals surface area contributed by atoms with Crippen LogP contribution in [0.4, 0.5) is 4.39 Å². The summed E-state index contributed by atoms with van der Waals surface area (Å²) < 4.78 is 38.0. The van der Waals surface area contributed by atoms with Crippen LogP contribution < -0.4 is 5.32 Å². The van der Waals surface area contributed by atoms with E-state index in [0.29, 0.717) is 22.5 Å². The molecule has 230 valence electrons. The third kappa shape index (κ3) is 6.50. The van der Waals surface area contributed by atoms with Crippen LogP contribution in [-0.2, 0) is 22.8 Å². The number of aromatic amines is 2. The molecule has 3 N–H and O–H groups in total. The Kier molecular flexibility index (Phi) is 7.88. The lowest BCUT2D eigenvalue weighted by atomic mass is 10.0. The van der Waals surface area contributed by atoms with E-state index in [1.54, 1.807) is 12.3 Å². The molecule has 9 nitrogen and oxygen atoms in total. The summed E-state index contributed by atoms with van der Waals surface area (Å²) >= 11 is 0. The second-order valence-corrected chi connectivity index (χ2v) is 14.3. The van der Waals surface area contributed by atoms with Crippen molar-refractivity contribution in [3.63, 3.8) is 0 Å². The maximum Gasteiger partial charge on any atom is 0.181 e. The number of aryl methyl sites for hydroxylation is 1. The van der Waals surface area contributed by atoms with Crippen molar-refractivity contribution in [2.24, 2.45) is 5.92 Å². The molecule has 0 unspecified atom stereocenters. The van der Waals surface area contributed by atoms with Crippen molar-refractivity contribution in [3.05, 3.63) is 84.2 Å². The maximum absolute atomic E-state index is 14.7. The number of fused-ring (bicyclic) bond motifs is 2. The van der Waals surface area contributed by atoms with Gasteiger partial charge in [-0.2, -0.15) is 5.10 Å². The Morgan fingerprint density at radius 1 is 0.933 bits per heavy atom. The zero-order valence-electron chi connectivity index (χ0n) is 25.0. The van der Waals surface area contributed by atoms with Crippen molar-refractivity contribution >= 4 is 31.8 Å². The van der Waals surface area contributed by atoms with E-state index in [9.17, 15) is 12.8 Å². The molecule has 7 rings (SSSR count). The number of benzene rings is 1. The Bertz CT molecular complexity index is 2120. The summed E-state index contributed by atoms with van der Waals surface area (Å²) in [6, 6.07) is 12.7. The van der Waals surface area contributed by atoms with Gasteiger partial charge >= 0.3 is 0 Å². The monoisotopic (exact) mass is 623 g/mol. The highest BCUT2D eigenvalue weighted by Crippen LogP contribution is 2.34. The zero-order chi connectivity index (χ0) is 31.0. The summed E-state index contributed by atoms with van der Waals surface area (Å²) in [6.07, 6.45) is 14.0. The first-order chi connectivity index (χ1) is 21.8. The minimum absolute atomic E-state index is 0.0532. The number of H-pyrrole nitrogens is 2. The van der Waals surface area contributed by atoms with Gasteiger partial charge in [-0.3, -0.25) is 15.1 Å². The molecule has 1 aromatic carbocycles. The van der Waals surface area contributed by atoms with Gasteiger partial charge in [-0.25, -0.2) is 17.8 Å². The lowest BCUT2D eigenvalue weighted by molar-refractivity contribution is 0.489. The second-order valence-electron chi connectivity index (χ2n) is 12.1. The standard InChI is InChI=1S/C34H34FN7O2S/c1-45(43,44)9-7-22-10-24(13-27(35)12-22)32-28-15-31(40-30(28)6-8-38-32)33-29-14-26(20-39-34(29)42-41-33)25-11-23(18-37-19-25)17-36-16-21-4-2-3-5-21/h6,8,10-15,18-21,36,40H,2-5,7,9,16-17H2,1H3,(H,39,41,42). The first-order valence-electron chi connectivity index (χ1n) is 15.2. The summed E-state index contributed by atoms with van der Waals surface area (Å²) in [5.41, 5.74) is 7.82. The zero-order valence-corrected chi connectivity index (χ0v) is 25.8. The smallest absolute Gasteiger partial charge is 0.181 e. The van der Waals surface area contributed by atoms with Gasteiger partial charge in [-0.1, -0.05) is 12.8 Å². The topological polar surface area (TPSA) is 129 Å². The average molecular weight is 624 g/mol. The fourth-order valence-corrected chi connectivity index (χ4v) is 6.90. The molecular formula is C34H34FN7O2S. The molecule has 0 saturated heterocycles. The van der Waals surface area contributed by atoms with Crippen LogP contribution in [0.1, 0.15) is 36.8 Å². The first-order valence-corrected chi connectivity index (χ1v) is 17.3. The van der Waals surface area contributed by atoms with E-state index in [4.69, 9.17) is 0 Å². The summed E-state index contributed by atoms with van der Waals surface area (Å²) in [5.74, 6) is 0.288. The molecular weight excluding hydrogens is 589 g/mol. The van der Waals surface area contributed by atoms with Gasteiger partial charge in [0.25, 0.3) is 0 Å². The second kappa shape index (κ2) is 12.1. The molecule has 6 aromatic rings. The Hall–Kier alpha value is -4.48. The van der Waals surface area contributed by atoms with Crippen molar-refractivity contribution in [2.45, 2.75) is 38.6 Å². The molecule has 0 aliphatic heterocycles. The average Bonchev–Trinajstić information content (AvgIpc) is 3.79. The van der Waals surface area contributed by atoms with Crippen LogP contribution in [-0.4, -0.2) is 57.1 Å². The lowest BCUT2D eigenvalue weighted by Crippen LogP contribution is -2.20. The SMILES string of the molecule is CS(=O)(=O)CCc1cc(F)cc(-c2nccc3[nH]c(-c4[nH]nc5ncc(-c6cncc(CNCC7CCCC7)c6)cc45)cc23)c1. The molecule has 45 heavy (non-hydrogen) atoms. The van der Waals surface area contributed by atoms with E-state index in [0.717, 1.165) is 63.4 Å². The molecule has 11 heteroatoms. The van der Waals surface area contributed by atoms with Crippen molar-refractivity contribution in [3.8, 4) is 33.8 Å². The molecule has 1 aliphatic carbocycles. The molecule has 0 bridgehead atoms. The molecule has 5 heterocycles. The maximum atomic E-state index is 14.7. The quantitative estimate of drug-likeness (QED) is 0.165. The number of nitrogens with zero attached hydrogens (tertiary/aromatic N) is 4. The predicted octanol–water partition coefficient (Wildman–Crippen LogP) is 6.24. The van der Waals surface area contributed by atoms with Gasteiger partial charge in [0.05, 0.1) is 22.8 Å². The van der Waals surface area contributed by atoms with E-state index in [1.807, 2.05) is 30.7 Å². The molecule has 0 amide bonds. The lowest BCUT2D eigenvalue weighted by Gasteiger charge is -2.11. The predicted molar refractivity (Wildman–Crippen MR) is 175 cm³/mol. The summed E-state index contributed by atoms with van der Waals surface area (Å²) in [4.78, 5) is 17.2. The van der Waals surface area contributed by atoms with E-state index in [-0.39, 0.29) is 12.2 Å². The number of nitrogens with one attached hydrogen (secondary N) is 3. The minimum atomic E-state index is -3.18. The van der Waals surface area contributed by atoms with E-state index in [2.05, 4.69) is 47.6 Å². The minimum Gasteiger partial charge on any atom is -0.353 e. The highest BCUT2D eigenvalue weighted by Gasteiger charge is 2.17. The number of hydrogen-bond acceptors (Lipinski definition) is 7. The van der Waals surface area contributed by atoms with Crippen molar-refractivity contribution in [1.29, 1.82) is 0 Å². The first kappa shape index (κ1) is 29.2. The van der Waals surface area contributed by atoms with Gasteiger partial charge in [0.1, 0.15) is 15.7 Å². The number of sulfone groups is 1. The van der Waals surface area contributed by atoms with Crippen LogP contribution in [0, 0.1) is 11.7 Å². The van der Waals surface area contributed by atoms with Gasteiger partial charge in [0.15, 0.2) is 5.65 Å². The van der Waals surface area contributed by atoms with Crippen LogP contribution in [0.2, 0.25) is 0 Å². The van der Waals surface area contributed by atoms with Gasteiger partial charge in [0, 0.05) is 70.6 Å². The number of halogens is 1. The Morgan fingerprint density at radius 2 is 1.76 bits per heavy atom. The number of rotatable bonds is 10. The molecule has 0 radical (unpaired) electrons. The van der Waals surface area contributed by atoms with E-state index >= 15 is 0 Å². The summed E-state index contributed by atoms with van der Waals surface area (Å²) in [7, 11) is -3.18. The van der Waals surface area contributed by atoms with Crippen LogP contribution >= 0.6 is 0 Å².